The van der Waals surface area contributed by atoms with Crippen molar-refractivity contribution in [1.29, 1.82) is 0 Å². The summed E-state index contributed by atoms with van der Waals surface area (Å²) in [4.78, 5) is 26.0. The highest BCUT2D eigenvalue weighted by Gasteiger charge is 2.21. The Balaban J connectivity index is 1.10. The van der Waals surface area contributed by atoms with E-state index < -0.39 is 0 Å². The molecule has 1 aliphatic heterocycles. The van der Waals surface area contributed by atoms with Crippen LogP contribution in [0.3, 0.4) is 0 Å². The fraction of sp³-hybridized carbons (Fsp3) is 0.276. The minimum atomic E-state index is 0.0645. The van der Waals surface area contributed by atoms with E-state index >= 15 is 0 Å². The van der Waals surface area contributed by atoms with Crippen molar-refractivity contribution >= 4 is 16.7 Å². The molecule has 0 atom stereocenters. The molecule has 6 heteroatoms. The summed E-state index contributed by atoms with van der Waals surface area (Å²) in [6, 6.07) is 24.6. The van der Waals surface area contributed by atoms with E-state index in [9.17, 15) is 4.79 Å². The Bertz CT molecular complexity index is 1270. The Labute approximate surface area is 206 Å². The maximum Gasteiger partial charge on any atom is 0.248 e. The Morgan fingerprint density at radius 1 is 0.800 bits per heavy atom. The zero-order chi connectivity index (χ0) is 23.9. The van der Waals surface area contributed by atoms with Gasteiger partial charge in [0.05, 0.1) is 6.61 Å². The van der Waals surface area contributed by atoms with Gasteiger partial charge in [0.15, 0.2) is 0 Å². The highest BCUT2D eigenvalue weighted by Crippen LogP contribution is 2.16. The zero-order valence-electron chi connectivity index (χ0n) is 19.8. The van der Waals surface area contributed by atoms with Crippen LogP contribution in [0.15, 0.2) is 85.2 Å². The molecule has 5 rings (SSSR count). The number of piperazine rings is 1. The van der Waals surface area contributed by atoms with Crippen LogP contribution in [0, 0.1) is 0 Å². The van der Waals surface area contributed by atoms with Crippen molar-refractivity contribution in [3.8, 4) is 0 Å². The Morgan fingerprint density at radius 3 is 2.37 bits per heavy atom. The molecule has 0 aliphatic carbocycles. The highest BCUT2D eigenvalue weighted by molar-refractivity contribution is 5.81. The van der Waals surface area contributed by atoms with Crippen molar-refractivity contribution < 1.29 is 9.53 Å². The maximum absolute atomic E-state index is 12.5. The summed E-state index contributed by atoms with van der Waals surface area (Å²) in [6.07, 6.45) is 4.53. The molecule has 0 unspecified atom stereocenters. The number of pyridine rings is 2. The molecule has 6 nitrogen and oxygen atoms in total. The summed E-state index contributed by atoms with van der Waals surface area (Å²) >= 11 is 0. The summed E-state index contributed by atoms with van der Waals surface area (Å²) in [5.74, 6) is 0.0645. The van der Waals surface area contributed by atoms with Crippen LogP contribution in [0.5, 0.6) is 0 Å². The van der Waals surface area contributed by atoms with Crippen molar-refractivity contribution in [3.05, 3.63) is 108 Å². The van der Waals surface area contributed by atoms with Gasteiger partial charge in [-0.3, -0.25) is 19.7 Å². The number of nitrogens with zero attached hydrogens (tertiary/aromatic N) is 4. The number of fused-ring (bicyclic) bond motifs is 1. The number of hydrogen-bond donors (Lipinski definition) is 0. The van der Waals surface area contributed by atoms with E-state index in [1.165, 1.54) is 10.9 Å². The molecular formula is C29H30N4O2. The predicted octanol–water partition coefficient (Wildman–Crippen LogP) is 4.08. The molecule has 0 saturated carbocycles. The standard InChI is InChI=1S/C29H30N4O2/c34-29(22-35-21-23-6-2-1-3-7-23)33-14-12-32(13-15-33)20-24-10-11-30-27(16-24)18-28-17-25-8-4-5-9-26(25)19-31-28/h1-11,16-17,19H,12-15,18,20-22H2. The molecule has 3 heterocycles. The SMILES string of the molecule is O=C(COCc1ccccc1)N1CCN(Cc2ccnc(Cc3cc4ccccc4cn3)c2)CC1. The average Bonchev–Trinajstić information content (AvgIpc) is 2.90. The van der Waals surface area contributed by atoms with E-state index in [0.717, 1.165) is 55.1 Å². The molecule has 1 aliphatic rings. The molecule has 2 aromatic heterocycles. The second-order valence-electron chi connectivity index (χ2n) is 8.99. The van der Waals surface area contributed by atoms with Crippen LogP contribution in [-0.2, 0) is 29.1 Å². The lowest BCUT2D eigenvalue weighted by molar-refractivity contribution is -0.138. The first-order valence-corrected chi connectivity index (χ1v) is 12.1. The molecule has 178 valence electrons. The van der Waals surface area contributed by atoms with Gasteiger partial charge in [-0.15, -0.1) is 0 Å². The van der Waals surface area contributed by atoms with Crippen LogP contribution in [0.2, 0.25) is 0 Å². The molecule has 0 N–H and O–H groups in total. The second-order valence-corrected chi connectivity index (χ2v) is 8.99. The number of rotatable bonds is 8. The van der Waals surface area contributed by atoms with Gasteiger partial charge >= 0.3 is 0 Å². The smallest absolute Gasteiger partial charge is 0.248 e. The lowest BCUT2D eigenvalue weighted by Gasteiger charge is -2.34. The fourth-order valence-corrected chi connectivity index (χ4v) is 4.47. The monoisotopic (exact) mass is 466 g/mol. The van der Waals surface area contributed by atoms with Gasteiger partial charge in [-0.25, -0.2) is 0 Å². The number of carbonyl (C=O) groups is 1. The number of hydrogen-bond acceptors (Lipinski definition) is 5. The molecule has 1 fully saturated rings. The summed E-state index contributed by atoms with van der Waals surface area (Å²) in [5.41, 5.74) is 4.37. The van der Waals surface area contributed by atoms with Crippen LogP contribution < -0.4 is 0 Å². The summed E-state index contributed by atoms with van der Waals surface area (Å²) in [5, 5.41) is 2.35. The number of aromatic nitrogens is 2. The van der Waals surface area contributed by atoms with Gasteiger partial charge < -0.3 is 9.64 Å². The zero-order valence-corrected chi connectivity index (χ0v) is 19.8. The normalized spacial score (nSPS) is 14.3. The fourth-order valence-electron chi connectivity index (χ4n) is 4.47. The van der Waals surface area contributed by atoms with Crippen LogP contribution in [-0.4, -0.2) is 58.5 Å². The first-order valence-electron chi connectivity index (χ1n) is 12.1. The molecule has 0 spiro atoms. The summed E-state index contributed by atoms with van der Waals surface area (Å²) in [7, 11) is 0. The van der Waals surface area contributed by atoms with E-state index in [2.05, 4.69) is 51.3 Å². The minimum absolute atomic E-state index is 0.0645. The summed E-state index contributed by atoms with van der Waals surface area (Å²) < 4.78 is 5.63. The number of ether oxygens (including phenoxy) is 1. The number of benzene rings is 2. The van der Waals surface area contributed by atoms with E-state index in [1.54, 1.807) is 0 Å². The van der Waals surface area contributed by atoms with Crippen LogP contribution >= 0.6 is 0 Å². The number of amides is 1. The molecular weight excluding hydrogens is 436 g/mol. The van der Waals surface area contributed by atoms with Crippen molar-refractivity contribution in [1.82, 2.24) is 19.8 Å². The number of carbonyl (C=O) groups excluding carboxylic acids is 1. The lowest BCUT2D eigenvalue weighted by Crippen LogP contribution is -2.49. The van der Waals surface area contributed by atoms with Gasteiger partial charge in [0.1, 0.15) is 6.61 Å². The molecule has 1 amide bonds. The van der Waals surface area contributed by atoms with Crippen LogP contribution in [0.25, 0.3) is 10.8 Å². The average molecular weight is 467 g/mol. The van der Waals surface area contributed by atoms with Crippen molar-refractivity contribution in [3.63, 3.8) is 0 Å². The minimum Gasteiger partial charge on any atom is -0.367 e. The van der Waals surface area contributed by atoms with Gasteiger partial charge in [-0.2, -0.15) is 0 Å². The van der Waals surface area contributed by atoms with Crippen LogP contribution in [0.4, 0.5) is 0 Å². The molecule has 0 radical (unpaired) electrons. The van der Waals surface area contributed by atoms with Gasteiger partial charge in [0.2, 0.25) is 5.91 Å². The third-order valence-electron chi connectivity index (χ3n) is 6.40. The van der Waals surface area contributed by atoms with E-state index in [4.69, 9.17) is 4.74 Å². The largest absolute Gasteiger partial charge is 0.367 e. The molecule has 0 bridgehead atoms. The molecule has 4 aromatic rings. The van der Waals surface area contributed by atoms with Gasteiger partial charge in [0.25, 0.3) is 0 Å². The van der Waals surface area contributed by atoms with Crippen molar-refractivity contribution in [2.75, 3.05) is 32.8 Å². The first kappa shape index (κ1) is 23.1. The lowest BCUT2D eigenvalue weighted by atomic mass is 10.1. The van der Waals surface area contributed by atoms with Gasteiger partial charge in [-0.1, -0.05) is 54.6 Å². The molecule has 2 aromatic carbocycles. The first-order chi connectivity index (χ1) is 17.2. The third-order valence-corrected chi connectivity index (χ3v) is 6.40. The van der Waals surface area contributed by atoms with Gasteiger partial charge in [0, 0.05) is 68.3 Å². The van der Waals surface area contributed by atoms with Crippen molar-refractivity contribution in [2.45, 2.75) is 19.6 Å². The quantitative estimate of drug-likeness (QED) is 0.392. The molecule has 1 saturated heterocycles. The van der Waals surface area contributed by atoms with Gasteiger partial charge in [-0.05, 0) is 34.7 Å². The predicted molar refractivity (Wildman–Crippen MR) is 137 cm³/mol. The van der Waals surface area contributed by atoms with E-state index in [1.807, 2.05) is 53.7 Å². The summed E-state index contributed by atoms with van der Waals surface area (Å²) in [6.45, 7) is 4.62. The Kier molecular flexibility index (Phi) is 7.41. The van der Waals surface area contributed by atoms with E-state index in [0.29, 0.717) is 13.0 Å². The maximum atomic E-state index is 12.5. The topological polar surface area (TPSA) is 58.6 Å². The van der Waals surface area contributed by atoms with E-state index in [-0.39, 0.29) is 12.5 Å². The Hall–Kier alpha value is -3.61. The van der Waals surface area contributed by atoms with Crippen LogP contribution in [0.1, 0.15) is 22.5 Å². The second kappa shape index (κ2) is 11.2. The third kappa shape index (κ3) is 6.29. The Morgan fingerprint density at radius 2 is 1.54 bits per heavy atom. The highest BCUT2D eigenvalue weighted by atomic mass is 16.5. The molecule has 35 heavy (non-hydrogen) atoms. The van der Waals surface area contributed by atoms with Crippen molar-refractivity contribution in [2.24, 2.45) is 0 Å².